The van der Waals surface area contributed by atoms with Gasteiger partial charge in [-0.05, 0) is 25.5 Å². The Morgan fingerprint density at radius 2 is 2.10 bits per heavy atom. The number of anilines is 1. The minimum Gasteiger partial charge on any atom is -0.337 e. The van der Waals surface area contributed by atoms with Crippen LogP contribution in [0.25, 0.3) is 11.4 Å². The molecule has 0 amide bonds. The van der Waals surface area contributed by atoms with Crippen molar-refractivity contribution in [3.63, 3.8) is 0 Å². The molecule has 0 bridgehead atoms. The molecule has 0 aliphatic carbocycles. The third kappa shape index (κ3) is 2.73. The Hall–Kier alpha value is -2.02. The highest BCUT2D eigenvalue weighted by molar-refractivity contribution is 5.58. The van der Waals surface area contributed by atoms with Gasteiger partial charge in [-0.2, -0.15) is 4.98 Å². The van der Waals surface area contributed by atoms with Crippen molar-refractivity contribution in [2.75, 3.05) is 24.5 Å². The van der Waals surface area contributed by atoms with Gasteiger partial charge >= 0.3 is 0 Å². The Bertz CT molecular complexity index is 655. The van der Waals surface area contributed by atoms with Crippen LogP contribution in [0.4, 0.5) is 14.7 Å². The molecule has 1 aliphatic rings. The molecule has 0 spiro atoms. The Labute approximate surface area is 121 Å². The second kappa shape index (κ2) is 5.40. The van der Waals surface area contributed by atoms with Crippen molar-refractivity contribution < 1.29 is 8.78 Å². The van der Waals surface area contributed by atoms with Gasteiger partial charge in [0, 0.05) is 31.7 Å². The Kier molecular flexibility index (Phi) is 3.59. The zero-order valence-electron chi connectivity index (χ0n) is 12.0. The third-order valence-electron chi connectivity index (χ3n) is 3.63. The molecular weight excluding hydrogens is 276 g/mol. The zero-order chi connectivity index (χ0) is 15.0. The van der Waals surface area contributed by atoms with E-state index in [9.17, 15) is 8.78 Å². The molecule has 21 heavy (non-hydrogen) atoms. The SMILES string of the molecule is Cc1cc(-c2nc(N3CCNC(C)C3)n[nH]2)c(F)cc1F. The Morgan fingerprint density at radius 1 is 1.29 bits per heavy atom. The summed E-state index contributed by atoms with van der Waals surface area (Å²) in [6, 6.07) is 2.67. The summed E-state index contributed by atoms with van der Waals surface area (Å²) in [6.45, 7) is 6.13. The van der Waals surface area contributed by atoms with Gasteiger partial charge in [0.25, 0.3) is 0 Å². The van der Waals surface area contributed by atoms with E-state index in [0.717, 1.165) is 25.7 Å². The van der Waals surface area contributed by atoms with Crippen molar-refractivity contribution >= 4 is 5.95 Å². The normalized spacial score (nSPS) is 19.0. The fourth-order valence-corrected chi connectivity index (χ4v) is 2.47. The minimum atomic E-state index is -0.644. The molecule has 1 fully saturated rings. The highest BCUT2D eigenvalue weighted by atomic mass is 19.1. The van der Waals surface area contributed by atoms with Gasteiger partial charge in [0.2, 0.25) is 5.95 Å². The van der Waals surface area contributed by atoms with Gasteiger partial charge in [-0.15, -0.1) is 5.10 Å². The molecule has 112 valence electrons. The first-order valence-electron chi connectivity index (χ1n) is 6.91. The van der Waals surface area contributed by atoms with E-state index in [0.29, 0.717) is 23.4 Å². The fourth-order valence-electron chi connectivity index (χ4n) is 2.47. The largest absolute Gasteiger partial charge is 0.337 e. The van der Waals surface area contributed by atoms with E-state index in [2.05, 4.69) is 27.4 Å². The van der Waals surface area contributed by atoms with E-state index >= 15 is 0 Å². The van der Waals surface area contributed by atoms with Gasteiger partial charge in [-0.1, -0.05) is 0 Å². The summed E-state index contributed by atoms with van der Waals surface area (Å²) in [4.78, 5) is 6.38. The number of hydrogen-bond acceptors (Lipinski definition) is 4. The highest BCUT2D eigenvalue weighted by Crippen LogP contribution is 2.24. The lowest BCUT2D eigenvalue weighted by Gasteiger charge is -2.30. The number of hydrogen-bond donors (Lipinski definition) is 2. The average molecular weight is 293 g/mol. The lowest BCUT2D eigenvalue weighted by atomic mass is 10.1. The molecular formula is C14H17F2N5. The van der Waals surface area contributed by atoms with Crippen molar-refractivity contribution in [3.05, 3.63) is 29.3 Å². The number of piperazine rings is 1. The number of aromatic nitrogens is 3. The van der Waals surface area contributed by atoms with Crippen LogP contribution < -0.4 is 10.2 Å². The maximum absolute atomic E-state index is 13.9. The van der Waals surface area contributed by atoms with Crippen LogP contribution in [0, 0.1) is 18.6 Å². The molecule has 1 atom stereocenters. The lowest BCUT2D eigenvalue weighted by Crippen LogP contribution is -2.49. The molecule has 2 N–H and O–H groups in total. The summed E-state index contributed by atoms with van der Waals surface area (Å²) in [5.74, 6) is -0.349. The molecule has 1 saturated heterocycles. The predicted octanol–water partition coefficient (Wildman–Crippen LogP) is 1.86. The summed E-state index contributed by atoms with van der Waals surface area (Å²) >= 11 is 0. The van der Waals surface area contributed by atoms with Gasteiger partial charge < -0.3 is 10.2 Å². The third-order valence-corrected chi connectivity index (χ3v) is 3.63. The summed E-state index contributed by atoms with van der Waals surface area (Å²) in [6.07, 6.45) is 0. The van der Waals surface area contributed by atoms with E-state index < -0.39 is 11.6 Å². The van der Waals surface area contributed by atoms with Crippen LogP contribution in [0.1, 0.15) is 12.5 Å². The monoisotopic (exact) mass is 293 g/mol. The lowest BCUT2D eigenvalue weighted by molar-refractivity contribution is 0.480. The topological polar surface area (TPSA) is 56.8 Å². The number of benzene rings is 1. The molecule has 1 aliphatic heterocycles. The summed E-state index contributed by atoms with van der Waals surface area (Å²) < 4.78 is 27.2. The van der Waals surface area contributed by atoms with Crippen LogP contribution in [0.5, 0.6) is 0 Å². The van der Waals surface area contributed by atoms with Crippen molar-refractivity contribution in [1.82, 2.24) is 20.5 Å². The van der Waals surface area contributed by atoms with Gasteiger partial charge in [0.05, 0.1) is 5.56 Å². The predicted molar refractivity (Wildman–Crippen MR) is 76.1 cm³/mol. The summed E-state index contributed by atoms with van der Waals surface area (Å²) in [5.41, 5.74) is 0.607. The van der Waals surface area contributed by atoms with Gasteiger partial charge in [0.1, 0.15) is 11.6 Å². The average Bonchev–Trinajstić information content (AvgIpc) is 2.92. The Balaban J connectivity index is 1.90. The molecule has 1 unspecified atom stereocenters. The maximum Gasteiger partial charge on any atom is 0.245 e. The molecule has 0 radical (unpaired) electrons. The Morgan fingerprint density at radius 3 is 2.86 bits per heavy atom. The molecule has 2 heterocycles. The number of nitrogens with one attached hydrogen (secondary N) is 2. The number of nitrogens with zero attached hydrogens (tertiary/aromatic N) is 3. The van der Waals surface area contributed by atoms with Crippen LogP contribution >= 0.6 is 0 Å². The molecule has 0 saturated carbocycles. The number of aryl methyl sites for hydroxylation is 1. The maximum atomic E-state index is 13.9. The smallest absolute Gasteiger partial charge is 0.245 e. The number of H-pyrrole nitrogens is 1. The zero-order valence-corrected chi connectivity index (χ0v) is 12.0. The summed E-state index contributed by atoms with van der Waals surface area (Å²) in [7, 11) is 0. The molecule has 5 nitrogen and oxygen atoms in total. The van der Waals surface area contributed by atoms with Gasteiger partial charge in [0.15, 0.2) is 5.82 Å². The first-order valence-corrected chi connectivity index (χ1v) is 6.91. The van der Waals surface area contributed by atoms with Crippen LogP contribution in [0.3, 0.4) is 0 Å². The van der Waals surface area contributed by atoms with Crippen LogP contribution in [0.2, 0.25) is 0 Å². The molecule has 1 aromatic carbocycles. The van der Waals surface area contributed by atoms with E-state index in [1.165, 1.54) is 6.07 Å². The van der Waals surface area contributed by atoms with E-state index in [4.69, 9.17) is 0 Å². The molecule has 2 aromatic rings. The quantitative estimate of drug-likeness (QED) is 0.887. The van der Waals surface area contributed by atoms with E-state index in [-0.39, 0.29) is 5.56 Å². The number of aromatic amines is 1. The van der Waals surface area contributed by atoms with Crippen LogP contribution in [0.15, 0.2) is 12.1 Å². The van der Waals surface area contributed by atoms with Crippen molar-refractivity contribution in [3.8, 4) is 11.4 Å². The molecule has 1 aromatic heterocycles. The summed E-state index contributed by atoms with van der Waals surface area (Å²) in [5, 5.41) is 10.2. The van der Waals surface area contributed by atoms with E-state index in [1.54, 1.807) is 6.92 Å². The molecule has 3 rings (SSSR count). The number of halogens is 2. The second-order valence-electron chi connectivity index (χ2n) is 5.37. The van der Waals surface area contributed by atoms with E-state index in [1.807, 2.05) is 4.90 Å². The van der Waals surface area contributed by atoms with Crippen molar-refractivity contribution in [2.45, 2.75) is 19.9 Å². The standard InChI is InChI=1S/C14H17F2N5/c1-8-5-10(12(16)6-11(8)15)13-18-14(20-19-13)21-4-3-17-9(2)7-21/h5-6,9,17H,3-4,7H2,1-2H3,(H,18,19,20). The first kappa shape index (κ1) is 13.9. The van der Waals surface area contributed by atoms with Crippen molar-refractivity contribution in [1.29, 1.82) is 0 Å². The van der Waals surface area contributed by atoms with Gasteiger partial charge in [-0.25, -0.2) is 8.78 Å². The minimum absolute atomic E-state index is 0.232. The van der Waals surface area contributed by atoms with Crippen LogP contribution in [-0.2, 0) is 0 Å². The molecule has 7 heteroatoms. The second-order valence-corrected chi connectivity index (χ2v) is 5.37. The van der Waals surface area contributed by atoms with Crippen LogP contribution in [-0.4, -0.2) is 40.9 Å². The van der Waals surface area contributed by atoms with Crippen molar-refractivity contribution in [2.24, 2.45) is 0 Å². The fraction of sp³-hybridized carbons (Fsp3) is 0.429. The number of rotatable bonds is 2. The highest BCUT2D eigenvalue weighted by Gasteiger charge is 2.20. The first-order chi connectivity index (χ1) is 10.0. The van der Waals surface area contributed by atoms with Gasteiger partial charge in [-0.3, -0.25) is 5.10 Å².